The Bertz CT molecular complexity index is 1310. The zero-order valence-corrected chi connectivity index (χ0v) is 18.4. The summed E-state index contributed by atoms with van der Waals surface area (Å²) < 4.78 is 14.2. The average Bonchev–Trinajstić information content (AvgIpc) is 2.79. The molecule has 162 valence electrons. The van der Waals surface area contributed by atoms with Gasteiger partial charge in [0.2, 0.25) is 0 Å². The van der Waals surface area contributed by atoms with Crippen molar-refractivity contribution in [3.8, 4) is 11.1 Å². The van der Waals surface area contributed by atoms with Crippen molar-refractivity contribution in [1.29, 1.82) is 0 Å². The molecule has 1 aromatic carbocycles. The second-order valence-corrected chi connectivity index (χ2v) is 8.12. The van der Waals surface area contributed by atoms with E-state index in [1.165, 1.54) is 26.1 Å². The zero-order chi connectivity index (χ0) is 22.9. The van der Waals surface area contributed by atoms with E-state index in [-0.39, 0.29) is 11.6 Å². The molecule has 0 saturated carbocycles. The molecule has 0 radical (unpaired) electrons. The highest BCUT2D eigenvalue weighted by Gasteiger charge is 2.22. The summed E-state index contributed by atoms with van der Waals surface area (Å²) in [6.07, 6.45) is 5.04. The van der Waals surface area contributed by atoms with E-state index in [0.717, 1.165) is 33.4 Å². The molecule has 0 aliphatic carbocycles. The van der Waals surface area contributed by atoms with Crippen LogP contribution in [0.3, 0.4) is 0 Å². The number of aryl methyl sites for hydroxylation is 1. The number of aromatic nitrogens is 3. The first-order valence-electron chi connectivity index (χ1n) is 10.3. The lowest BCUT2D eigenvalue weighted by Gasteiger charge is -2.15. The minimum absolute atomic E-state index is 0.215. The predicted octanol–water partition coefficient (Wildman–Crippen LogP) is 5.50. The van der Waals surface area contributed by atoms with E-state index in [2.05, 4.69) is 25.6 Å². The van der Waals surface area contributed by atoms with Gasteiger partial charge in [-0.1, -0.05) is 6.07 Å². The number of carbonyl (C=O) groups excluding carboxylic acids is 1. The van der Waals surface area contributed by atoms with Crippen molar-refractivity contribution in [2.45, 2.75) is 26.4 Å². The molecular formula is C25H24FN5O. The van der Waals surface area contributed by atoms with Crippen LogP contribution in [0.4, 0.5) is 15.9 Å². The number of carbonyl (C=O) groups is 1. The van der Waals surface area contributed by atoms with Crippen molar-refractivity contribution in [2.24, 2.45) is 0 Å². The molecule has 0 fully saturated rings. The van der Waals surface area contributed by atoms with Crippen LogP contribution in [0.2, 0.25) is 0 Å². The minimum Gasteiger partial charge on any atom is -0.373 e. The average molecular weight is 429 g/mol. The van der Waals surface area contributed by atoms with Gasteiger partial charge in [-0.05, 0) is 62.2 Å². The summed E-state index contributed by atoms with van der Waals surface area (Å²) in [7, 11) is 1.82. The maximum Gasteiger partial charge on any atom is 0.255 e. The maximum atomic E-state index is 14.2. The second-order valence-electron chi connectivity index (χ2n) is 8.12. The Morgan fingerprint density at radius 3 is 2.56 bits per heavy atom. The Kier molecular flexibility index (Phi) is 5.57. The van der Waals surface area contributed by atoms with Gasteiger partial charge in [-0.3, -0.25) is 14.8 Å². The summed E-state index contributed by atoms with van der Waals surface area (Å²) in [6, 6.07) is 12.7. The smallest absolute Gasteiger partial charge is 0.255 e. The van der Waals surface area contributed by atoms with E-state index in [0.29, 0.717) is 11.3 Å². The summed E-state index contributed by atoms with van der Waals surface area (Å²) in [5.41, 5.74) is 3.35. The highest BCUT2D eigenvalue weighted by molar-refractivity contribution is 6.04. The molecule has 4 aromatic rings. The van der Waals surface area contributed by atoms with Crippen molar-refractivity contribution in [1.82, 2.24) is 15.0 Å². The lowest BCUT2D eigenvalue weighted by molar-refractivity contribution is 0.102. The third-order valence-corrected chi connectivity index (χ3v) is 5.26. The van der Waals surface area contributed by atoms with Gasteiger partial charge in [-0.2, -0.15) is 0 Å². The minimum atomic E-state index is -1.63. The Labute approximate surface area is 186 Å². The first kappa shape index (κ1) is 21.4. The van der Waals surface area contributed by atoms with Crippen molar-refractivity contribution in [2.75, 3.05) is 17.7 Å². The Morgan fingerprint density at radius 1 is 1.00 bits per heavy atom. The number of nitrogens with zero attached hydrogens (tertiary/aromatic N) is 3. The summed E-state index contributed by atoms with van der Waals surface area (Å²) in [4.78, 5) is 25.7. The van der Waals surface area contributed by atoms with Gasteiger partial charge >= 0.3 is 0 Å². The summed E-state index contributed by atoms with van der Waals surface area (Å²) in [5, 5.41) is 6.83. The number of hydrogen-bond acceptors (Lipinski definition) is 5. The molecule has 2 N–H and O–H groups in total. The van der Waals surface area contributed by atoms with E-state index < -0.39 is 5.67 Å². The van der Waals surface area contributed by atoms with Crippen LogP contribution in [0.25, 0.3) is 22.0 Å². The topological polar surface area (TPSA) is 79.8 Å². The van der Waals surface area contributed by atoms with Crippen LogP contribution in [0.1, 0.15) is 35.5 Å². The first-order valence-corrected chi connectivity index (χ1v) is 10.3. The summed E-state index contributed by atoms with van der Waals surface area (Å²) in [6.45, 7) is 4.83. The lowest BCUT2D eigenvalue weighted by Crippen LogP contribution is -2.16. The van der Waals surface area contributed by atoms with E-state index in [4.69, 9.17) is 0 Å². The van der Waals surface area contributed by atoms with Gasteiger partial charge in [-0.15, -0.1) is 0 Å². The van der Waals surface area contributed by atoms with Gasteiger partial charge in [0.05, 0.1) is 11.2 Å². The Morgan fingerprint density at radius 2 is 1.81 bits per heavy atom. The standard InChI is InChI=1S/C25H24FN5O/c1-15-5-6-19(31-24(32)16-7-8-28-22(10-16)25(2,3)26)11-20(15)17-9-18-14-30-23(27-4)12-21(18)29-13-17/h5-14H,1-4H3,(H,27,30)(H,31,32). The number of fused-ring (bicyclic) bond motifs is 1. The molecule has 0 spiro atoms. The van der Waals surface area contributed by atoms with Crippen molar-refractivity contribution in [3.63, 3.8) is 0 Å². The fraction of sp³-hybridized carbons (Fsp3) is 0.200. The Hall–Kier alpha value is -3.87. The molecule has 0 bridgehead atoms. The second kappa shape index (κ2) is 8.34. The van der Waals surface area contributed by atoms with Crippen molar-refractivity contribution >= 4 is 28.3 Å². The van der Waals surface area contributed by atoms with Gasteiger partial charge in [0.25, 0.3) is 5.91 Å². The highest BCUT2D eigenvalue weighted by Crippen LogP contribution is 2.29. The van der Waals surface area contributed by atoms with Crippen LogP contribution in [-0.2, 0) is 5.67 Å². The van der Waals surface area contributed by atoms with E-state index in [1.807, 2.05) is 50.5 Å². The third kappa shape index (κ3) is 4.42. The number of rotatable bonds is 5. The molecular weight excluding hydrogens is 405 g/mol. The van der Waals surface area contributed by atoms with E-state index in [9.17, 15) is 9.18 Å². The van der Waals surface area contributed by atoms with Crippen LogP contribution >= 0.6 is 0 Å². The van der Waals surface area contributed by atoms with Gasteiger partial charge in [0, 0.05) is 53.9 Å². The lowest BCUT2D eigenvalue weighted by atomic mass is 10.00. The number of benzene rings is 1. The normalized spacial score (nSPS) is 11.4. The largest absolute Gasteiger partial charge is 0.373 e. The number of anilines is 2. The van der Waals surface area contributed by atoms with Crippen LogP contribution in [0.15, 0.2) is 61.1 Å². The van der Waals surface area contributed by atoms with Crippen molar-refractivity contribution < 1.29 is 9.18 Å². The molecule has 0 aliphatic rings. The van der Waals surface area contributed by atoms with Crippen molar-refractivity contribution in [3.05, 3.63) is 77.9 Å². The number of amides is 1. The number of alkyl halides is 1. The quantitative estimate of drug-likeness (QED) is 0.438. The van der Waals surface area contributed by atoms with E-state index in [1.54, 1.807) is 12.3 Å². The molecule has 6 nitrogen and oxygen atoms in total. The number of hydrogen-bond donors (Lipinski definition) is 2. The van der Waals surface area contributed by atoms with E-state index >= 15 is 0 Å². The molecule has 3 aromatic heterocycles. The number of pyridine rings is 3. The van der Waals surface area contributed by atoms with Crippen LogP contribution < -0.4 is 10.6 Å². The zero-order valence-electron chi connectivity index (χ0n) is 18.4. The molecule has 3 heterocycles. The molecule has 0 unspecified atom stereocenters. The highest BCUT2D eigenvalue weighted by atomic mass is 19.1. The molecule has 4 rings (SSSR count). The van der Waals surface area contributed by atoms with Gasteiger partial charge in [0.15, 0.2) is 0 Å². The fourth-order valence-corrected chi connectivity index (χ4v) is 3.42. The predicted molar refractivity (Wildman–Crippen MR) is 126 cm³/mol. The number of halogens is 1. The molecule has 1 amide bonds. The fourth-order valence-electron chi connectivity index (χ4n) is 3.42. The van der Waals surface area contributed by atoms with Gasteiger partial charge in [-0.25, -0.2) is 9.37 Å². The molecule has 0 aliphatic heterocycles. The molecule has 0 atom stereocenters. The maximum absolute atomic E-state index is 14.2. The van der Waals surface area contributed by atoms with Crippen LogP contribution in [0, 0.1) is 6.92 Å². The summed E-state index contributed by atoms with van der Waals surface area (Å²) >= 11 is 0. The van der Waals surface area contributed by atoms with Gasteiger partial charge in [0.1, 0.15) is 11.5 Å². The van der Waals surface area contributed by atoms with Crippen LogP contribution in [0.5, 0.6) is 0 Å². The monoisotopic (exact) mass is 429 g/mol. The van der Waals surface area contributed by atoms with Crippen LogP contribution in [-0.4, -0.2) is 27.9 Å². The molecule has 7 heteroatoms. The number of nitrogens with one attached hydrogen (secondary N) is 2. The first-order chi connectivity index (χ1) is 15.2. The SMILES string of the molecule is CNc1cc2ncc(-c3cc(NC(=O)c4ccnc(C(C)(C)F)c4)ccc3C)cc2cn1. The summed E-state index contributed by atoms with van der Waals surface area (Å²) in [5.74, 6) is 0.433. The molecule has 32 heavy (non-hydrogen) atoms. The third-order valence-electron chi connectivity index (χ3n) is 5.26. The van der Waals surface area contributed by atoms with Gasteiger partial charge < -0.3 is 10.6 Å². The Balaban J connectivity index is 1.63. The molecule has 0 saturated heterocycles.